The van der Waals surface area contributed by atoms with E-state index >= 15 is 0 Å². The molecule has 1 unspecified atom stereocenters. The summed E-state index contributed by atoms with van der Waals surface area (Å²) in [4.78, 5) is 12.1. The number of nitrogen functional groups attached to an aromatic ring is 1. The molecule has 3 rings (SSSR count). The first-order chi connectivity index (χ1) is 12.3. The second-order valence-electron chi connectivity index (χ2n) is 5.74. The monoisotopic (exact) mass is 385 g/mol. The van der Waals surface area contributed by atoms with Crippen LogP contribution in [-0.2, 0) is 5.60 Å². The van der Waals surface area contributed by atoms with Gasteiger partial charge in [0.05, 0.1) is 6.20 Å². The lowest BCUT2D eigenvalue weighted by Gasteiger charge is -2.13. The summed E-state index contributed by atoms with van der Waals surface area (Å²) in [7, 11) is 0. The van der Waals surface area contributed by atoms with Crippen LogP contribution < -0.4 is 11.1 Å². The summed E-state index contributed by atoms with van der Waals surface area (Å²) < 4.78 is 0. The number of thiazole rings is 1. The maximum atomic E-state index is 10.5. The van der Waals surface area contributed by atoms with E-state index in [1.54, 1.807) is 18.5 Å². The van der Waals surface area contributed by atoms with Crippen molar-refractivity contribution in [1.82, 2.24) is 15.0 Å². The van der Waals surface area contributed by atoms with Gasteiger partial charge in [-0.05, 0) is 31.5 Å². The topological polar surface area (TPSA) is 97.0 Å². The summed E-state index contributed by atoms with van der Waals surface area (Å²) >= 11 is 7.47. The number of rotatable bonds is 3. The van der Waals surface area contributed by atoms with Gasteiger partial charge in [0.15, 0.2) is 11.4 Å². The number of aryl methyl sites for hydroxylation is 1. The van der Waals surface area contributed by atoms with Gasteiger partial charge in [-0.3, -0.25) is 0 Å². The fourth-order valence-corrected chi connectivity index (χ4v) is 2.93. The molecular weight excluding hydrogens is 370 g/mol. The Morgan fingerprint density at radius 1 is 1.35 bits per heavy atom. The molecule has 0 aliphatic carbocycles. The number of aliphatic hydroxyl groups is 1. The zero-order valence-electron chi connectivity index (χ0n) is 14.1. The van der Waals surface area contributed by atoms with Crippen molar-refractivity contribution in [2.45, 2.75) is 19.4 Å². The van der Waals surface area contributed by atoms with Crippen LogP contribution in [0.4, 0.5) is 17.5 Å². The number of hydrogen-bond donors (Lipinski definition) is 3. The maximum absolute atomic E-state index is 10.5. The number of anilines is 3. The lowest BCUT2D eigenvalue weighted by molar-refractivity contribution is 0.122. The average Bonchev–Trinajstić information content (AvgIpc) is 3.14. The molecule has 26 heavy (non-hydrogen) atoms. The van der Waals surface area contributed by atoms with Gasteiger partial charge in [-0.2, -0.15) is 4.98 Å². The smallest absolute Gasteiger partial charge is 0.222 e. The van der Waals surface area contributed by atoms with E-state index in [-0.39, 0.29) is 5.95 Å². The number of halogens is 1. The van der Waals surface area contributed by atoms with Gasteiger partial charge in [-0.15, -0.1) is 11.3 Å². The Bertz CT molecular complexity index is 993. The van der Waals surface area contributed by atoms with Crippen LogP contribution in [0, 0.1) is 18.8 Å². The van der Waals surface area contributed by atoms with Crippen LogP contribution >= 0.6 is 22.9 Å². The predicted molar refractivity (Wildman–Crippen MR) is 104 cm³/mol. The third kappa shape index (κ3) is 4.11. The van der Waals surface area contributed by atoms with Crippen molar-refractivity contribution in [2.75, 3.05) is 11.1 Å². The maximum Gasteiger partial charge on any atom is 0.222 e. The zero-order valence-corrected chi connectivity index (χ0v) is 15.7. The molecule has 0 spiro atoms. The van der Waals surface area contributed by atoms with Gasteiger partial charge in [0.25, 0.3) is 0 Å². The first-order valence-corrected chi connectivity index (χ1v) is 8.92. The Balaban J connectivity index is 1.89. The summed E-state index contributed by atoms with van der Waals surface area (Å²) in [5.74, 6) is 6.40. The second-order valence-corrected chi connectivity index (χ2v) is 7.04. The number of hydrogen-bond acceptors (Lipinski definition) is 7. The first kappa shape index (κ1) is 18.1. The van der Waals surface area contributed by atoms with Crippen LogP contribution in [0.3, 0.4) is 0 Å². The van der Waals surface area contributed by atoms with E-state index < -0.39 is 5.60 Å². The molecule has 0 aliphatic rings. The number of nitrogens with one attached hydrogen (secondary N) is 1. The predicted octanol–water partition coefficient (Wildman–Crippen LogP) is 3.48. The van der Waals surface area contributed by atoms with Crippen molar-refractivity contribution < 1.29 is 5.11 Å². The molecule has 6 nitrogen and oxygen atoms in total. The highest BCUT2D eigenvalue weighted by molar-refractivity contribution is 7.09. The van der Waals surface area contributed by atoms with Crippen LogP contribution in [0.2, 0.25) is 5.02 Å². The molecule has 132 valence electrons. The van der Waals surface area contributed by atoms with Crippen molar-refractivity contribution in [1.29, 1.82) is 0 Å². The molecule has 4 N–H and O–H groups in total. The molecule has 0 aliphatic heterocycles. The van der Waals surface area contributed by atoms with E-state index in [2.05, 4.69) is 32.1 Å². The summed E-state index contributed by atoms with van der Waals surface area (Å²) in [6, 6.07) is 5.65. The van der Waals surface area contributed by atoms with E-state index in [1.807, 2.05) is 25.1 Å². The van der Waals surface area contributed by atoms with Crippen molar-refractivity contribution in [3.05, 3.63) is 57.1 Å². The molecule has 1 atom stereocenters. The standard InChI is InChI=1S/C18H16ClN5OS/c1-11-3-4-12(5-6-18(2,25)16-21-7-8-26-16)9-14(11)23-15-13(19)10-22-17(20)24-15/h3-4,7-10,25H,1-2H3,(H3,20,22,23,24). The molecule has 2 aromatic heterocycles. The molecule has 0 radical (unpaired) electrons. The molecule has 0 amide bonds. The normalized spacial score (nSPS) is 12.8. The quantitative estimate of drug-likeness (QED) is 0.597. The largest absolute Gasteiger partial charge is 0.371 e. The molecule has 0 saturated carbocycles. The van der Waals surface area contributed by atoms with E-state index in [0.717, 1.165) is 16.8 Å². The van der Waals surface area contributed by atoms with Crippen LogP contribution in [0.25, 0.3) is 0 Å². The van der Waals surface area contributed by atoms with E-state index in [4.69, 9.17) is 17.3 Å². The SMILES string of the molecule is Cc1ccc(C#CC(C)(O)c2nccs2)cc1Nc1nc(N)ncc1Cl. The van der Waals surface area contributed by atoms with Gasteiger partial charge in [-0.25, -0.2) is 9.97 Å². The molecule has 2 heterocycles. The Labute approximate surface area is 160 Å². The highest BCUT2D eigenvalue weighted by atomic mass is 35.5. The van der Waals surface area contributed by atoms with Crippen molar-refractivity contribution in [3.63, 3.8) is 0 Å². The summed E-state index contributed by atoms with van der Waals surface area (Å²) in [6.07, 6.45) is 3.08. The molecule has 0 fully saturated rings. The van der Waals surface area contributed by atoms with Gasteiger partial charge in [0.2, 0.25) is 5.95 Å². The zero-order chi connectivity index (χ0) is 18.7. The van der Waals surface area contributed by atoms with Gasteiger partial charge in [0.1, 0.15) is 10.0 Å². The van der Waals surface area contributed by atoms with E-state index in [1.165, 1.54) is 17.5 Å². The highest BCUT2D eigenvalue weighted by Crippen LogP contribution is 2.26. The Morgan fingerprint density at radius 2 is 2.15 bits per heavy atom. The minimum Gasteiger partial charge on any atom is -0.371 e. The van der Waals surface area contributed by atoms with Gasteiger partial charge in [0, 0.05) is 22.8 Å². The number of nitrogens with two attached hydrogens (primary N) is 1. The fourth-order valence-electron chi connectivity index (χ4n) is 2.14. The first-order valence-electron chi connectivity index (χ1n) is 7.66. The van der Waals surface area contributed by atoms with Crippen LogP contribution in [0.1, 0.15) is 23.1 Å². The lowest BCUT2D eigenvalue weighted by Crippen LogP contribution is -2.17. The minimum absolute atomic E-state index is 0.130. The van der Waals surface area contributed by atoms with Crippen molar-refractivity contribution in [2.24, 2.45) is 0 Å². The highest BCUT2D eigenvalue weighted by Gasteiger charge is 2.22. The Kier molecular flexibility index (Phi) is 5.09. The Morgan fingerprint density at radius 3 is 2.88 bits per heavy atom. The van der Waals surface area contributed by atoms with Crippen LogP contribution in [0.15, 0.2) is 36.0 Å². The van der Waals surface area contributed by atoms with Gasteiger partial charge < -0.3 is 16.2 Å². The summed E-state index contributed by atoms with van der Waals surface area (Å²) in [5.41, 5.74) is 6.80. The van der Waals surface area contributed by atoms with E-state index in [9.17, 15) is 5.11 Å². The number of nitrogens with zero attached hydrogens (tertiary/aromatic N) is 3. The molecule has 0 bridgehead atoms. The molecule has 3 aromatic rings. The van der Waals surface area contributed by atoms with Gasteiger partial charge in [-0.1, -0.05) is 29.5 Å². The van der Waals surface area contributed by atoms with Crippen LogP contribution in [-0.4, -0.2) is 20.1 Å². The summed E-state index contributed by atoms with van der Waals surface area (Å²) in [5, 5.41) is 16.3. The second kappa shape index (κ2) is 7.30. The molecule has 8 heteroatoms. The number of benzene rings is 1. The summed E-state index contributed by atoms with van der Waals surface area (Å²) in [6.45, 7) is 3.57. The van der Waals surface area contributed by atoms with Crippen molar-refractivity contribution >= 4 is 40.4 Å². The van der Waals surface area contributed by atoms with Gasteiger partial charge >= 0.3 is 0 Å². The fraction of sp³-hybridized carbons (Fsp3) is 0.167. The van der Waals surface area contributed by atoms with Crippen molar-refractivity contribution in [3.8, 4) is 11.8 Å². The average molecular weight is 386 g/mol. The molecule has 0 saturated heterocycles. The number of aromatic nitrogens is 3. The third-order valence-corrected chi connectivity index (χ3v) is 4.81. The molecule has 1 aromatic carbocycles. The third-order valence-electron chi connectivity index (χ3n) is 3.55. The van der Waals surface area contributed by atoms with E-state index in [0.29, 0.717) is 15.8 Å². The molecular formula is C18H16ClN5OS. The lowest BCUT2D eigenvalue weighted by atomic mass is 10.1. The Hall–Kier alpha value is -2.66. The van der Waals surface area contributed by atoms with Crippen LogP contribution in [0.5, 0.6) is 0 Å². The minimum atomic E-state index is -1.31.